The van der Waals surface area contributed by atoms with Crippen LogP contribution in [0.3, 0.4) is 0 Å². The van der Waals surface area contributed by atoms with E-state index in [2.05, 4.69) is 19.2 Å². The molecule has 0 fully saturated rings. The molecule has 0 aliphatic heterocycles. The van der Waals surface area contributed by atoms with Gasteiger partial charge in [-0.1, -0.05) is 26.0 Å². The zero-order valence-corrected chi connectivity index (χ0v) is 12.1. The highest BCUT2D eigenvalue weighted by molar-refractivity contribution is 5.82. The number of nitrogens with zero attached hydrogens (tertiary/aromatic N) is 1. The van der Waals surface area contributed by atoms with E-state index in [0.29, 0.717) is 23.6 Å². The van der Waals surface area contributed by atoms with Crippen LogP contribution >= 0.6 is 0 Å². The highest BCUT2D eigenvalue weighted by atomic mass is 16.4. The van der Waals surface area contributed by atoms with Crippen LogP contribution in [0.25, 0.3) is 11.1 Å². The van der Waals surface area contributed by atoms with Gasteiger partial charge in [0.2, 0.25) is 5.91 Å². The van der Waals surface area contributed by atoms with E-state index in [-0.39, 0.29) is 5.91 Å². The number of amides is 1. The molecule has 2 rings (SSSR count). The molecule has 0 aliphatic rings. The molecule has 108 valence electrons. The Kier molecular flexibility index (Phi) is 4.27. The summed E-state index contributed by atoms with van der Waals surface area (Å²) in [6, 6.07) is 6.52. The van der Waals surface area contributed by atoms with Crippen LogP contribution in [0.15, 0.2) is 33.5 Å². The minimum absolute atomic E-state index is 0.167. The summed E-state index contributed by atoms with van der Waals surface area (Å²) in [7, 11) is 0. The summed E-state index contributed by atoms with van der Waals surface area (Å²) in [4.78, 5) is 24.0. The summed E-state index contributed by atoms with van der Waals surface area (Å²) in [5.74, 6) is -0.139. The van der Waals surface area contributed by atoms with E-state index in [1.165, 1.54) is 4.57 Å². The Hall–Kier alpha value is -2.04. The number of fused-ring (bicyclic) bond motifs is 1. The summed E-state index contributed by atoms with van der Waals surface area (Å²) in [6.07, 6.45) is 0.916. The Morgan fingerprint density at radius 2 is 2.00 bits per heavy atom. The molecule has 0 radical (unpaired) electrons. The molecule has 1 heterocycles. The Morgan fingerprint density at radius 1 is 1.30 bits per heavy atom. The molecule has 1 unspecified atom stereocenters. The first-order chi connectivity index (χ1) is 9.50. The van der Waals surface area contributed by atoms with Gasteiger partial charge in [-0.05, 0) is 31.4 Å². The molecule has 0 spiro atoms. The van der Waals surface area contributed by atoms with Gasteiger partial charge in [-0.25, -0.2) is 4.79 Å². The molecular formula is C15H20N2O3. The fourth-order valence-corrected chi connectivity index (χ4v) is 2.10. The van der Waals surface area contributed by atoms with Crippen molar-refractivity contribution in [2.45, 2.75) is 33.2 Å². The van der Waals surface area contributed by atoms with E-state index >= 15 is 0 Å². The zero-order valence-electron chi connectivity index (χ0n) is 12.1. The first-order valence-corrected chi connectivity index (χ1v) is 6.88. The van der Waals surface area contributed by atoms with Gasteiger partial charge >= 0.3 is 5.76 Å². The van der Waals surface area contributed by atoms with Gasteiger partial charge in [0, 0.05) is 6.54 Å². The van der Waals surface area contributed by atoms with Crippen molar-refractivity contribution in [3.05, 3.63) is 34.8 Å². The first-order valence-electron chi connectivity index (χ1n) is 6.88. The molecule has 1 N–H and O–H groups in total. The molecule has 1 aromatic carbocycles. The van der Waals surface area contributed by atoms with Gasteiger partial charge in [-0.2, -0.15) is 0 Å². The van der Waals surface area contributed by atoms with E-state index in [1.807, 2.05) is 6.07 Å². The number of aromatic nitrogens is 1. The molecule has 5 heteroatoms. The van der Waals surface area contributed by atoms with E-state index < -0.39 is 11.8 Å². The highest BCUT2D eigenvalue weighted by Crippen LogP contribution is 2.16. The number of nitrogens with one attached hydrogen (secondary N) is 1. The van der Waals surface area contributed by atoms with Crippen LogP contribution in [0.2, 0.25) is 0 Å². The van der Waals surface area contributed by atoms with E-state index in [4.69, 9.17) is 4.42 Å². The molecule has 0 saturated carbocycles. The normalized spacial score (nSPS) is 12.8. The molecule has 0 bridgehead atoms. The third kappa shape index (κ3) is 2.92. The summed E-state index contributed by atoms with van der Waals surface area (Å²) in [5, 5.41) is 2.85. The van der Waals surface area contributed by atoms with Crippen molar-refractivity contribution < 1.29 is 9.21 Å². The third-order valence-electron chi connectivity index (χ3n) is 3.31. The largest absolute Gasteiger partial charge is 0.420 e. The molecule has 1 aromatic heterocycles. The summed E-state index contributed by atoms with van der Waals surface area (Å²) in [6.45, 7) is 6.52. The van der Waals surface area contributed by atoms with Crippen molar-refractivity contribution >= 4 is 17.0 Å². The molecule has 5 nitrogen and oxygen atoms in total. The standard InChI is InChI=1S/C15H20N2O3/c1-10(2)8-9-16-14(18)11(3)17-12-6-4-5-7-13(12)20-15(17)19/h4-7,10-11H,8-9H2,1-3H3,(H,16,18). The lowest BCUT2D eigenvalue weighted by Gasteiger charge is -2.13. The Balaban J connectivity index is 2.18. The predicted molar refractivity (Wildman–Crippen MR) is 77.6 cm³/mol. The average molecular weight is 276 g/mol. The van der Waals surface area contributed by atoms with Gasteiger partial charge < -0.3 is 9.73 Å². The summed E-state index contributed by atoms with van der Waals surface area (Å²) in [5.41, 5.74) is 1.14. The van der Waals surface area contributed by atoms with Crippen molar-refractivity contribution in [2.75, 3.05) is 6.54 Å². The maximum Gasteiger partial charge on any atom is 0.420 e. The molecular weight excluding hydrogens is 256 g/mol. The fourth-order valence-electron chi connectivity index (χ4n) is 2.10. The van der Waals surface area contributed by atoms with Crippen LogP contribution in [0, 0.1) is 5.92 Å². The number of carbonyl (C=O) groups is 1. The third-order valence-corrected chi connectivity index (χ3v) is 3.31. The number of oxazole rings is 1. The quantitative estimate of drug-likeness (QED) is 0.911. The number of para-hydroxylation sites is 2. The monoisotopic (exact) mass is 276 g/mol. The van der Waals surface area contributed by atoms with Crippen LogP contribution < -0.4 is 11.1 Å². The SMILES string of the molecule is CC(C)CCNC(=O)C(C)n1c(=O)oc2ccccc21. The predicted octanol–water partition coefficient (Wildman–Crippen LogP) is 2.32. The minimum Gasteiger partial charge on any atom is -0.408 e. The Morgan fingerprint density at radius 3 is 2.70 bits per heavy atom. The molecule has 2 aromatic rings. The van der Waals surface area contributed by atoms with Gasteiger partial charge in [0.25, 0.3) is 0 Å². The zero-order chi connectivity index (χ0) is 14.7. The second-order valence-electron chi connectivity index (χ2n) is 5.36. The van der Waals surface area contributed by atoms with Gasteiger partial charge in [0.05, 0.1) is 5.52 Å². The lowest BCUT2D eigenvalue weighted by molar-refractivity contribution is -0.123. The van der Waals surface area contributed by atoms with Crippen LogP contribution in [0.5, 0.6) is 0 Å². The molecule has 0 saturated heterocycles. The van der Waals surface area contributed by atoms with Crippen LogP contribution in [-0.4, -0.2) is 17.0 Å². The van der Waals surface area contributed by atoms with Crippen LogP contribution in [0.1, 0.15) is 33.2 Å². The topological polar surface area (TPSA) is 64.2 Å². The molecule has 0 aliphatic carbocycles. The van der Waals surface area contributed by atoms with Crippen molar-refractivity contribution in [1.82, 2.24) is 9.88 Å². The Bertz CT molecular complexity index is 654. The maximum absolute atomic E-state index is 12.1. The van der Waals surface area contributed by atoms with E-state index in [1.54, 1.807) is 25.1 Å². The number of carbonyl (C=O) groups excluding carboxylic acids is 1. The molecule has 1 atom stereocenters. The number of rotatable bonds is 5. The minimum atomic E-state index is -0.585. The Labute approximate surface area is 117 Å². The summed E-state index contributed by atoms with van der Waals surface area (Å²) >= 11 is 0. The smallest absolute Gasteiger partial charge is 0.408 e. The van der Waals surface area contributed by atoms with E-state index in [0.717, 1.165) is 6.42 Å². The fraction of sp³-hybridized carbons (Fsp3) is 0.467. The second-order valence-corrected chi connectivity index (χ2v) is 5.36. The van der Waals surface area contributed by atoms with Crippen molar-refractivity contribution in [3.8, 4) is 0 Å². The number of benzene rings is 1. The highest BCUT2D eigenvalue weighted by Gasteiger charge is 2.20. The maximum atomic E-state index is 12.1. The van der Waals surface area contributed by atoms with E-state index in [9.17, 15) is 9.59 Å². The van der Waals surface area contributed by atoms with Gasteiger partial charge in [-0.15, -0.1) is 0 Å². The van der Waals surface area contributed by atoms with Gasteiger partial charge in [0.15, 0.2) is 5.58 Å². The van der Waals surface area contributed by atoms with Crippen molar-refractivity contribution in [3.63, 3.8) is 0 Å². The lowest BCUT2D eigenvalue weighted by atomic mass is 10.1. The molecule has 20 heavy (non-hydrogen) atoms. The lowest BCUT2D eigenvalue weighted by Crippen LogP contribution is -2.35. The first kappa shape index (κ1) is 14.4. The molecule has 1 amide bonds. The van der Waals surface area contributed by atoms with Crippen molar-refractivity contribution in [2.24, 2.45) is 5.92 Å². The number of hydrogen-bond acceptors (Lipinski definition) is 3. The van der Waals surface area contributed by atoms with Gasteiger partial charge in [0.1, 0.15) is 6.04 Å². The summed E-state index contributed by atoms with van der Waals surface area (Å²) < 4.78 is 6.53. The van der Waals surface area contributed by atoms with Crippen molar-refractivity contribution in [1.29, 1.82) is 0 Å². The number of hydrogen-bond donors (Lipinski definition) is 1. The van der Waals surface area contributed by atoms with Gasteiger partial charge in [-0.3, -0.25) is 9.36 Å². The van der Waals surface area contributed by atoms with Crippen LogP contribution in [-0.2, 0) is 4.79 Å². The van der Waals surface area contributed by atoms with Crippen LogP contribution in [0.4, 0.5) is 0 Å². The average Bonchev–Trinajstić information content (AvgIpc) is 2.73. The second kappa shape index (κ2) is 5.94.